The molecule has 1 rings (SSSR count). The van der Waals surface area contributed by atoms with Crippen molar-refractivity contribution < 1.29 is 14.3 Å². The third kappa shape index (κ3) is 3.95. The van der Waals surface area contributed by atoms with Crippen molar-refractivity contribution in [2.24, 2.45) is 0 Å². The molecule has 5 heteroatoms. The summed E-state index contributed by atoms with van der Waals surface area (Å²) in [6.07, 6.45) is 2.48. The summed E-state index contributed by atoms with van der Waals surface area (Å²) in [7, 11) is 1.49. The second-order valence-electron chi connectivity index (χ2n) is 3.20. The molecule has 0 radical (unpaired) electrons. The van der Waals surface area contributed by atoms with Crippen molar-refractivity contribution in [3.63, 3.8) is 0 Å². The van der Waals surface area contributed by atoms with Gasteiger partial charge in [0.05, 0.1) is 7.11 Å². The van der Waals surface area contributed by atoms with Crippen LogP contribution in [-0.2, 0) is 11.2 Å². The van der Waals surface area contributed by atoms with Gasteiger partial charge in [-0.2, -0.15) is 0 Å². The normalized spacial score (nSPS) is 10.1. The van der Waals surface area contributed by atoms with Crippen molar-refractivity contribution in [2.45, 2.75) is 11.3 Å². The van der Waals surface area contributed by atoms with Crippen LogP contribution >= 0.6 is 23.2 Å². The molecular weight excluding hydrogens is 263 g/mol. The van der Waals surface area contributed by atoms with Crippen LogP contribution in [0.25, 0.3) is 0 Å². The number of hydrogen-bond donors (Lipinski definition) is 0. The number of alkyl halides is 2. The molecule has 0 bridgehead atoms. The van der Waals surface area contributed by atoms with E-state index < -0.39 is 10.8 Å². The number of carbonyl (C=O) groups is 1. The Morgan fingerprint density at radius 2 is 2.18 bits per heavy atom. The molecule has 1 aromatic carbocycles. The van der Waals surface area contributed by atoms with Gasteiger partial charge in [0.1, 0.15) is 0 Å². The summed E-state index contributed by atoms with van der Waals surface area (Å²) in [5, 5.41) is 0. The summed E-state index contributed by atoms with van der Waals surface area (Å²) in [4.78, 5) is 10.0. The van der Waals surface area contributed by atoms with Crippen molar-refractivity contribution in [3.8, 4) is 11.5 Å². The van der Waals surface area contributed by atoms with Crippen LogP contribution < -0.4 is 9.47 Å². The number of hydrogen-bond acceptors (Lipinski definition) is 3. The minimum absolute atomic E-state index is 0.289. The molecule has 0 aromatic heterocycles. The van der Waals surface area contributed by atoms with Gasteiger partial charge < -0.3 is 9.47 Å². The summed E-state index contributed by atoms with van der Waals surface area (Å²) in [5.41, 5.74) is 1.00. The van der Waals surface area contributed by atoms with Gasteiger partial charge >= 0.3 is 5.97 Å². The van der Waals surface area contributed by atoms with Crippen LogP contribution in [0.15, 0.2) is 30.9 Å². The lowest BCUT2D eigenvalue weighted by molar-refractivity contribution is -0.132. The second kappa shape index (κ2) is 6.52. The Balaban J connectivity index is 2.92. The summed E-state index contributed by atoms with van der Waals surface area (Å²) < 4.78 is 10.1. The van der Waals surface area contributed by atoms with Gasteiger partial charge in [-0.3, -0.25) is 0 Å². The molecule has 0 aliphatic heterocycles. The number of rotatable bonds is 5. The minimum Gasteiger partial charge on any atom is -0.493 e. The summed E-state index contributed by atoms with van der Waals surface area (Å²) in [6.45, 7) is 3.64. The molecule has 0 spiro atoms. The van der Waals surface area contributed by atoms with Gasteiger partial charge in [-0.1, -0.05) is 35.3 Å². The first-order chi connectivity index (χ1) is 8.08. The van der Waals surface area contributed by atoms with Crippen LogP contribution in [0.2, 0.25) is 0 Å². The zero-order valence-electron chi connectivity index (χ0n) is 9.28. The Labute approximate surface area is 110 Å². The highest BCUT2D eigenvalue weighted by Gasteiger charge is 2.16. The molecule has 0 atom stereocenters. The highest BCUT2D eigenvalue weighted by Crippen LogP contribution is 2.29. The molecule has 0 aliphatic carbocycles. The number of ether oxygens (including phenoxy) is 2. The highest BCUT2D eigenvalue weighted by molar-refractivity contribution is 6.53. The van der Waals surface area contributed by atoms with Gasteiger partial charge in [0.2, 0.25) is 4.84 Å². The lowest BCUT2D eigenvalue weighted by Gasteiger charge is -2.10. The van der Waals surface area contributed by atoms with Gasteiger partial charge in [0.15, 0.2) is 11.5 Å². The smallest absolute Gasteiger partial charge is 0.344 e. The number of esters is 1. The fourth-order valence-electron chi connectivity index (χ4n) is 1.24. The summed E-state index contributed by atoms with van der Waals surface area (Å²) >= 11 is 10.8. The van der Waals surface area contributed by atoms with Crippen LogP contribution in [0.1, 0.15) is 5.56 Å². The number of carbonyl (C=O) groups excluding carboxylic acids is 1. The molecule has 17 heavy (non-hydrogen) atoms. The average molecular weight is 275 g/mol. The molecule has 0 saturated heterocycles. The number of halogens is 2. The standard InChI is InChI=1S/C12H12Cl2O3/c1-3-4-8-5-6-9(10(7-8)16-2)17-12(15)11(13)14/h3,5-7,11H,1,4H2,2H3. The molecule has 0 heterocycles. The predicted molar refractivity (Wildman–Crippen MR) is 68.0 cm³/mol. The minimum atomic E-state index is -1.22. The molecule has 0 N–H and O–H groups in total. The quantitative estimate of drug-likeness (QED) is 0.358. The van der Waals surface area contributed by atoms with Crippen molar-refractivity contribution in [1.82, 2.24) is 0 Å². The van der Waals surface area contributed by atoms with Gasteiger partial charge in [-0.25, -0.2) is 4.79 Å². The maximum Gasteiger partial charge on any atom is 0.344 e. The van der Waals surface area contributed by atoms with E-state index in [1.165, 1.54) is 7.11 Å². The van der Waals surface area contributed by atoms with Gasteiger partial charge in [0, 0.05) is 0 Å². The molecule has 0 fully saturated rings. The SMILES string of the molecule is C=CCc1ccc(OC(=O)C(Cl)Cl)c(OC)c1. The van der Waals surface area contributed by atoms with Gasteiger partial charge in [0.25, 0.3) is 0 Å². The highest BCUT2D eigenvalue weighted by atomic mass is 35.5. The number of methoxy groups -OCH3 is 1. The van der Waals surface area contributed by atoms with E-state index in [1.807, 2.05) is 6.07 Å². The summed E-state index contributed by atoms with van der Waals surface area (Å²) in [5.74, 6) is 0.00593. The molecule has 0 saturated carbocycles. The van der Waals surface area contributed by atoms with Crippen molar-refractivity contribution in [2.75, 3.05) is 7.11 Å². The predicted octanol–water partition coefficient (Wildman–Crippen LogP) is 3.13. The van der Waals surface area contributed by atoms with E-state index in [1.54, 1.807) is 18.2 Å². The van der Waals surface area contributed by atoms with E-state index >= 15 is 0 Å². The molecule has 0 amide bonds. The van der Waals surface area contributed by atoms with Crippen LogP contribution in [0.4, 0.5) is 0 Å². The Morgan fingerprint density at radius 3 is 2.71 bits per heavy atom. The Kier molecular flexibility index (Phi) is 5.32. The van der Waals surface area contributed by atoms with E-state index in [4.69, 9.17) is 32.7 Å². The zero-order valence-corrected chi connectivity index (χ0v) is 10.8. The average Bonchev–Trinajstić information content (AvgIpc) is 2.31. The maximum absolute atomic E-state index is 11.2. The van der Waals surface area contributed by atoms with Crippen LogP contribution in [-0.4, -0.2) is 17.9 Å². The number of benzene rings is 1. The Morgan fingerprint density at radius 1 is 1.47 bits per heavy atom. The fourth-order valence-corrected chi connectivity index (χ4v) is 1.33. The lowest BCUT2D eigenvalue weighted by Crippen LogP contribution is -2.16. The fraction of sp³-hybridized carbons (Fsp3) is 0.250. The van der Waals surface area contributed by atoms with Crippen molar-refractivity contribution >= 4 is 29.2 Å². The van der Waals surface area contributed by atoms with E-state index in [2.05, 4.69) is 6.58 Å². The van der Waals surface area contributed by atoms with E-state index in [9.17, 15) is 4.79 Å². The van der Waals surface area contributed by atoms with Crippen LogP contribution in [0.3, 0.4) is 0 Å². The van der Waals surface area contributed by atoms with Gasteiger partial charge in [-0.15, -0.1) is 6.58 Å². The largest absolute Gasteiger partial charge is 0.493 e. The van der Waals surface area contributed by atoms with Crippen molar-refractivity contribution in [1.29, 1.82) is 0 Å². The first-order valence-electron chi connectivity index (χ1n) is 4.86. The Hall–Kier alpha value is -1.19. The van der Waals surface area contributed by atoms with Crippen molar-refractivity contribution in [3.05, 3.63) is 36.4 Å². The maximum atomic E-state index is 11.2. The third-order valence-corrected chi connectivity index (χ3v) is 2.35. The molecule has 1 aromatic rings. The Bertz CT molecular complexity index is 416. The molecule has 92 valence electrons. The first kappa shape index (κ1) is 13.9. The molecule has 0 aliphatic rings. The zero-order chi connectivity index (χ0) is 12.8. The summed E-state index contributed by atoms with van der Waals surface area (Å²) in [6, 6.07) is 5.21. The van der Waals surface area contributed by atoms with Gasteiger partial charge in [-0.05, 0) is 24.1 Å². The third-order valence-electron chi connectivity index (χ3n) is 2.00. The van der Waals surface area contributed by atoms with Crippen LogP contribution in [0.5, 0.6) is 11.5 Å². The molecular formula is C12H12Cl2O3. The second-order valence-corrected chi connectivity index (χ2v) is 4.30. The first-order valence-corrected chi connectivity index (χ1v) is 5.73. The van der Waals surface area contributed by atoms with E-state index in [0.29, 0.717) is 12.2 Å². The molecule has 0 unspecified atom stereocenters. The number of allylic oxidation sites excluding steroid dienone is 1. The molecule has 3 nitrogen and oxygen atoms in total. The topological polar surface area (TPSA) is 35.5 Å². The van der Waals surface area contributed by atoms with Crippen LogP contribution in [0, 0.1) is 0 Å². The van der Waals surface area contributed by atoms with E-state index in [0.717, 1.165) is 5.56 Å². The monoisotopic (exact) mass is 274 g/mol. The van der Waals surface area contributed by atoms with E-state index in [-0.39, 0.29) is 5.75 Å². The lowest BCUT2D eigenvalue weighted by atomic mass is 10.1.